The molecule has 0 aliphatic carbocycles. The quantitative estimate of drug-likeness (QED) is 0.619. The molecule has 2 atom stereocenters. The van der Waals surface area contributed by atoms with Crippen molar-refractivity contribution in [3.05, 3.63) is 47.5 Å². The number of aromatic nitrogens is 3. The Labute approximate surface area is 159 Å². The van der Waals surface area contributed by atoms with Gasteiger partial charge < -0.3 is 20.1 Å². The zero-order chi connectivity index (χ0) is 19.5. The summed E-state index contributed by atoms with van der Waals surface area (Å²) in [6.45, 7) is 4.12. The van der Waals surface area contributed by atoms with Crippen molar-refractivity contribution in [1.82, 2.24) is 19.9 Å². The zero-order valence-electron chi connectivity index (χ0n) is 15.3. The molecule has 9 heteroatoms. The van der Waals surface area contributed by atoms with E-state index >= 15 is 0 Å². The fourth-order valence-electron chi connectivity index (χ4n) is 3.49. The SMILES string of the molecule is C[C@H]1Nc2ccn3ncc(c3n2)C(=O)NC[C@@]2(C)COc3cc(F)cc1c3O2. The number of benzene rings is 1. The Morgan fingerprint density at radius 1 is 1.39 bits per heavy atom. The molecule has 5 rings (SSSR count). The van der Waals surface area contributed by atoms with Crippen LogP contribution in [0, 0.1) is 5.82 Å². The van der Waals surface area contributed by atoms with Crippen molar-refractivity contribution in [2.75, 3.05) is 18.5 Å². The molecule has 28 heavy (non-hydrogen) atoms. The molecule has 0 spiro atoms. The molecule has 0 radical (unpaired) electrons. The van der Waals surface area contributed by atoms with E-state index in [1.54, 1.807) is 12.3 Å². The molecule has 1 amide bonds. The van der Waals surface area contributed by atoms with Crippen molar-refractivity contribution in [3.63, 3.8) is 0 Å². The molecule has 1 aromatic carbocycles. The maximum Gasteiger partial charge on any atom is 0.256 e. The van der Waals surface area contributed by atoms with E-state index in [4.69, 9.17) is 9.47 Å². The standard InChI is InChI=1S/C19H18FN5O3/c1-10-12-5-11(20)6-14-16(12)28-19(2,9-27-14)8-21-18(26)13-7-22-25-4-3-15(23-10)24-17(13)25/h3-7,10H,8-9H2,1-2H3,(H,21,26)(H,23,24)/t10-,19+/m1/s1. The van der Waals surface area contributed by atoms with Gasteiger partial charge >= 0.3 is 0 Å². The van der Waals surface area contributed by atoms with Crippen molar-refractivity contribution in [1.29, 1.82) is 0 Å². The molecule has 0 saturated heterocycles. The summed E-state index contributed by atoms with van der Waals surface area (Å²) < 4.78 is 27.7. The average molecular weight is 383 g/mol. The van der Waals surface area contributed by atoms with Gasteiger partial charge in [-0.15, -0.1) is 0 Å². The lowest BCUT2D eigenvalue weighted by Gasteiger charge is -2.37. The van der Waals surface area contributed by atoms with Crippen molar-refractivity contribution in [3.8, 4) is 11.5 Å². The predicted octanol–water partition coefficient (Wildman–Crippen LogP) is 2.31. The lowest BCUT2D eigenvalue weighted by atomic mass is 10.0. The van der Waals surface area contributed by atoms with E-state index in [-0.39, 0.29) is 25.1 Å². The molecular weight excluding hydrogens is 365 g/mol. The molecule has 4 heterocycles. The molecular formula is C19H18FN5O3. The molecule has 0 fully saturated rings. The van der Waals surface area contributed by atoms with E-state index in [0.29, 0.717) is 34.1 Å². The maximum atomic E-state index is 14.2. The molecule has 2 aliphatic rings. The normalized spacial score (nSPS) is 23.5. The largest absolute Gasteiger partial charge is 0.485 e. The van der Waals surface area contributed by atoms with Crippen molar-refractivity contribution < 1.29 is 18.7 Å². The fraction of sp³-hybridized carbons (Fsp3) is 0.316. The van der Waals surface area contributed by atoms with Gasteiger partial charge in [0, 0.05) is 17.8 Å². The van der Waals surface area contributed by atoms with Crippen LogP contribution < -0.4 is 20.1 Å². The number of halogens is 1. The van der Waals surface area contributed by atoms with E-state index in [9.17, 15) is 9.18 Å². The van der Waals surface area contributed by atoms with Gasteiger partial charge in [0.2, 0.25) is 0 Å². The summed E-state index contributed by atoms with van der Waals surface area (Å²) in [7, 11) is 0. The number of amides is 1. The third-order valence-electron chi connectivity index (χ3n) is 5.00. The Morgan fingerprint density at radius 3 is 3.11 bits per heavy atom. The van der Waals surface area contributed by atoms with Crippen molar-refractivity contribution in [2.24, 2.45) is 0 Å². The second kappa shape index (κ2) is 5.82. The van der Waals surface area contributed by atoms with E-state index in [2.05, 4.69) is 20.7 Å². The second-order valence-electron chi connectivity index (χ2n) is 7.35. The summed E-state index contributed by atoms with van der Waals surface area (Å²) in [6.07, 6.45) is 3.20. The van der Waals surface area contributed by atoms with Crippen LogP contribution in [0.3, 0.4) is 0 Å². The van der Waals surface area contributed by atoms with Crippen LogP contribution in [-0.4, -0.2) is 39.3 Å². The minimum absolute atomic E-state index is 0.181. The molecule has 0 unspecified atom stereocenters. The van der Waals surface area contributed by atoms with E-state index in [1.165, 1.54) is 22.8 Å². The van der Waals surface area contributed by atoms with Crippen LogP contribution in [0.1, 0.15) is 35.8 Å². The molecule has 144 valence electrons. The Balaban J connectivity index is 1.68. The molecule has 3 aromatic rings. The minimum atomic E-state index is -0.804. The highest BCUT2D eigenvalue weighted by Gasteiger charge is 2.36. The highest BCUT2D eigenvalue weighted by Crippen LogP contribution is 2.42. The monoisotopic (exact) mass is 383 g/mol. The first-order valence-electron chi connectivity index (χ1n) is 8.96. The van der Waals surface area contributed by atoms with Gasteiger partial charge in [-0.25, -0.2) is 13.9 Å². The number of nitrogens with zero attached hydrogens (tertiary/aromatic N) is 3. The fourth-order valence-corrected chi connectivity index (χ4v) is 3.49. The Bertz CT molecular complexity index is 1110. The molecule has 8 nitrogen and oxygen atoms in total. The first-order chi connectivity index (χ1) is 13.4. The lowest BCUT2D eigenvalue weighted by molar-refractivity contribution is 0.00581. The molecule has 2 aromatic heterocycles. The van der Waals surface area contributed by atoms with Gasteiger partial charge in [0.05, 0.1) is 18.8 Å². The topological polar surface area (TPSA) is 89.8 Å². The number of anilines is 1. The first kappa shape index (κ1) is 16.8. The number of carbonyl (C=O) groups excluding carboxylic acids is 1. The predicted molar refractivity (Wildman–Crippen MR) is 98.3 cm³/mol. The van der Waals surface area contributed by atoms with Gasteiger partial charge in [0.15, 0.2) is 22.7 Å². The summed E-state index contributed by atoms with van der Waals surface area (Å²) in [4.78, 5) is 17.2. The van der Waals surface area contributed by atoms with Crippen LogP contribution in [0.2, 0.25) is 0 Å². The summed E-state index contributed by atoms with van der Waals surface area (Å²) in [5.41, 5.74) is 0.603. The third kappa shape index (κ3) is 2.62. The highest BCUT2D eigenvalue weighted by atomic mass is 19.1. The van der Waals surface area contributed by atoms with Crippen LogP contribution in [-0.2, 0) is 0 Å². The smallest absolute Gasteiger partial charge is 0.256 e. The summed E-state index contributed by atoms with van der Waals surface area (Å²) in [5.74, 6) is 0.636. The molecule has 4 bridgehead atoms. The Morgan fingerprint density at radius 2 is 2.25 bits per heavy atom. The highest BCUT2D eigenvalue weighted by molar-refractivity contribution is 5.99. The van der Waals surface area contributed by atoms with Crippen LogP contribution in [0.25, 0.3) is 5.65 Å². The number of fused-ring (bicyclic) bond motifs is 2. The van der Waals surface area contributed by atoms with Crippen LogP contribution in [0.5, 0.6) is 11.5 Å². The van der Waals surface area contributed by atoms with Gasteiger partial charge in [-0.2, -0.15) is 5.10 Å². The molecule has 2 aliphatic heterocycles. The van der Waals surface area contributed by atoms with E-state index in [0.717, 1.165) is 0 Å². The minimum Gasteiger partial charge on any atom is -0.485 e. The van der Waals surface area contributed by atoms with E-state index < -0.39 is 11.4 Å². The van der Waals surface area contributed by atoms with Crippen molar-refractivity contribution >= 4 is 17.4 Å². The number of ether oxygens (including phenoxy) is 2. The van der Waals surface area contributed by atoms with Gasteiger partial charge in [0.1, 0.15) is 23.8 Å². The van der Waals surface area contributed by atoms with Crippen LogP contribution in [0.4, 0.5) is 10.2 Å². The molecule has 0 saturated carbocycles. The number of nitrogens with one attached hydrogen (secondary N) is 2. The lowest BCUT2D eigenvalue weighted by Crippen LogP contribution is -2.51. The number of hydrogen-bond donors (Lipinski definition) is 2. The number of hydrogen-bond acceptors (Lipinski definition) is 6. The van der Waals surface area contributed by atoms with Gasteiger partial charge in [-0.05, 0) is 26.0 Å². The number of rotatable bonds is 0. The first-order valence-corrected chi connectivity index (χ1v) is 8.96. The Kier molecular flexibility index (Phi) is 3.49. The third-order valence-corrected chi connectivity index (χ3v) is 5.00. The van der Waals surface area contributed by atoms with Crippen LogP contribution >= 0.6 is 0 Å². The number of carbonyl (C=O) groups is 1. The average Bonchev–Trinajstić information content (AvgIpc) is 3.09. The van der Waals surface area contributed by atoms with Gasteiger partial charge in [-0.1, -0.05) is 0 Å². The van der Waals surface area contributed by atoms with Gasteiger partial charge in [0.25, 0.3) is 5.91 Å². The second-order valence-corrected chi connectivity index (χ2v) is 7.35. The summed E-state index contributed by atoms with van der Waals surface area (Å²) in [5, 5.41) is 10.3. The zero-order valence-corrected chi connectivity index (χ0v) is 15.3. The summed E-state index contributed by atoms with van der Waals surface area (Å²) >= 11 is 0. The maximum absolute atomic E-state index is 14.2. The van der Waals surface area contributed by atoms with Crippen LogP contribution in [0.15, 0.2) is 30.6 Å². The van der Waals surface area contributed by atoms with Gasteiger partial charge in [-0.3, -0.25) is 4.79 Å². The summed E-state index contributed by atoms with van der Waals surface area (Å²) in [6, 6.07) is 4.16. The van der Waals surface area contributed by atoms with E-state index in [1.807, 2.05) is 13.8 Å². The van der Waals surface area contributed by atoms with Crippen molar-refractivity contribution in [2.45, 2.75) is 25.5 Å². The molecule has 2 N–H and O–H groups in total. The Hall–Kier alpha value is -3.36.